The van der Waals surface area contributed by atoms with Crippen LogP contribution in [-0.2, 0) is 19.2 Å². The first-order valence-electron chi connectivity index (χ1n) is 12.8. The van der Waals surface area contributed by atoms with E-state index < -0.39 is 41.5 Å². The van der Waals surface area contributed by atoms with E-state index in [1.54, 1.807) is 6.07 Å². The van der Waals surface area contributed by atoms with E-state index in [1.165, 1.54) is 37.5 Å². The summed E-state index contributed by atoms with van der Waals surface area (Å²) in [5.74, 6) is -5.81. The van der Waals surface area contributed by atoms with E-state index in [9.17, 15) is 34.2 Å². The highest BCUT2D eigenvalue weighted by Gasteiger charge is 2.57. The summed E-state index contributed by atoms with van der Waals surface area (Å²) in [7, 11) is 1.39. The van der Waals surface area contributed by atoms with Gasteiger partial charge in [0.05, 0.1) is 39.2 Å². The molecule has 1 heterocycles. The zero-order valence-electron chi connectivity index (χ0n) is 21.7. The Morgan fingerprint density at radius 2 is 1.76 bits per heavy atom. The molecule has 1 fully saturated rings. The number of hydrogen-bond acceptors (Lipinski definition) is 7. The van der Waals surface area contributed by atoms with Crippen LogP contribution in [0, 0.1) is 17.8 Å². The number of hydrogen-bond donors (Lipinski definition) is 2. The highest BCUT2D eigenvalue weighted by Crippen LogP contribution is 2.58. The Balaban J connectivity index is 1.52. The van der Waals surface area contributed by atoms with Gasteiger partial charge in [-0.05, 0) is 96.4 Å². The number of phenols is 1. The normalized spacial score (nSPS) is 25.1. The lowest BCUT2D eigenvalue weighted by molar-refractivity contribution is -0.123. The maximum Gasteiger partial charge on any atom is 0.335 e. The van der Waals surface area contributed by atoms with Crippen LogP contribution in [0.1, 0.15) is 34.7 Å². The lowest BCUT2D eigenvalue weighted by Gasteiger charge is -2.42. The Hall–Kier alpha value is -3.35. The minimum absolute atomic E-state index is 0.0611. The van der Waals surface area contributed by atoms with Gasteiger partial charge >= 0.3 is 5.97 Å². The van der Waals surface area contributed by atoms with Crippen LogP contribution in [0.15, 0.2) is 72.6 Å². The predicted octanol–water partition coefficient (Wildman–Crippen LogP) is 5.59. The van der Waals surface area contributed by atoms with Crippen LogP contribution in [0.3, 0.4) is 0 Å². The number of fused-ring (bicyclic) bond motifs is 3. The highest BCUT2D eigenvalue weighted by molar-refractivity contribution is 9.13. The molecule has 2 aromatic rings. The van der Waals surface area contributed by atoms with Crippen LogP contribution >= 0.6 is 47.8 Å². The average Bonchev–Trinajstić information content (AvgIpc) is 3.23. The molecule has 1 aliphatic heterocycles. The maximum absolute atomic E-state index is 14.0. The number of carbonyl (C=O) groups is 5. The van der Waals surface area contributed by atoms with Crippen LogP contribution < -0.4 is 9.64 Å². The first-order valence-corrected chi connectivity index (χ1v) is 15.2. The average molecular weight is 762 g/mol. The first kappa shape index (κ1) is 28.8. The number of carboxylic acids is 1. The molecule has 2 aromatic carbocycles. The van der Waals surface area contributed by atoms with Gasteiger partial charge in [0.1, 0.15) is 0 Å². The lowest BCUT2D eigenvalue weighted by atomic mass is 9.59. The van der Waals surface area contributed by atoms with Gasteiger partial charge in [0.2, 0.25) is 11.8 Å². The number of anilines is 1. The van der Waals surface area contributed by atoms with E-state index in [1.807, 2.05) is 6.08 Å². The summed E-state index contributed by atoms with van der Waals surface area (Å²) in [5.41, 5.74) is 1.88. The Labute approximate surface area is 264 Å². The van der Waals surface area contributed by atoms with Crippen LogP contribution in [0.25, 0.3) is 0 Å². The SMILES string of the molecule is COc1cc([C@H]2C3=CC[C@@H]4C(=O)N(c5cccc(C(=O)O)c5)C(=O)[C@@H]4[C@@H]3CC3=C2C(=O)C=C(Br)C3=O)c(Br)c(Br)c1O. The van der Waals surface area contributed by atoms with Crippen molar-refractivity contribution >= 4 is 82.8 Å². The highest BCUT2D eigenvalue weighted by atomic mass is 79.9. The van der Waals surface area contributed by atoms with Crippen molar-refractivity contribution in [3.05, 3.63) is 83.8 Å². The molecule has 42 heavy (non-hydrogen) atoms. The zero-order chi connectivity index (χ0) is 30.2. The summed E-state index contributed by atoms with van der Waals surface area (Å²) in [6.45, 7) is 0. The standard InChI is InChI=1S/C30H20Br3NO8/c1-42-20-9-16(24(32)25(33)27(20)37)21-13-5-6-14-22(15(13)8-17-23(21)19(35)10-18(31)26(17)36)29(39)34(28(14)38)12-4-2-3-11(7-12)30(40)41/h2-5,7,9-10,14-15,21-22,37H,6,8H2,1H3,(H,40,41)/t14-,15+,21+,22-/m0/s1. The number of rotatable bonds is 4. The zero-order valence-corrected chi connectivity index (χ0v) is 26.4. The number of halogens is 3. The molecule has 0 spiro atoms. The Kier molecular flexibility index (Phi) is 7.14. The molecule has 0 bridgehead atoms. The van der Waals surface area contributed by atoms with E-state index >= 15 is 0 Å². The number of methoxy groups -OCH3 is 1. The second kappa shape index (κ2) is 10.4. The molecule has 3 aliphatic carbocycles. The quantitative estimate of drug-likeness (QED) is 0.234. The van der Waals surface area contributed by atoms with Gasteiger partial charge < -0.3 is 14.9 Å². The fourth-order valence-electron chi connectivity index (χ4n) is 6.57. The molecule has 214 valence electrons. The first-order chi connectivity index (χ1) is 20.0. The van der Waals surface area contributed by atoms with E-state index in [4.69, 9.17) is 4.74 Å². The number of carbonyl (C=O) groups excluding carboxylic acids is 4. The number of nitrogens with zero attached hydrogens (tertiary/aromatic N) is 1. The monoisotopic (exact) mass is 759 g/mol. The molecule has 2 N–H and O–H groups in total. The van der Waals surface area contributed by atoms with Gasteiger partial charge in [-0.3, -0.25) is 24.1 Å². The van der Waals surface area contributed by atoms with Gasteiger partial charge in [0.25, 0.3) is 0 Å². The number of ketones is 2. The Morgan fingerprint density at radius 1 is 1.02 bits per heavy atom. The fourth-order valence-corrected chi connectivity index (χ4v) is 7.97. The number of benzene rings is 2. The molecule has 4 atom stereocenters. The minimum atomic E-state index is -1.19. The summed E-state index contributed by atoms with van der Waals surface area (Å²) in [4.78, 5) is 67.3. The molecular weight excluding hydrogens is 742 g/mol. The number of allylic oxidation sites excluding steroid dienone is 6. The Bertz CT molecular complexity index is 1760. The maximum atomic E-state index is 14.0. The van der Waals surface area contributed by atoms with Crippen LogP contribution in [0.4, 0.5) is 5.69 Å². The summed E-state index contributed by atoms with van der Waals surface area (Å²) < 4.78 is 6.22. The summed E-state index contributed by atoms with van der Waals surface area (Å²) in [6.07, 6.45) is 3.39. The minimum Gasteiger partial charge on any atom is -0.503 e. The summed E-state index contributed by atoms with van der Waals surface area (Å²) >= 11 is 10.1. The summed E-state index contributed by atoms with van der Waals surface area (Å²) in [5, 5.41) is 20.0. The predicted molar refractivity (Wildman–Crippen MR) is 161 cm³/mol. The van der Waals surface area contributed by atoms with Crippen LogP contribution in [0.2, 0.25) is 0 Å². The lowest BCUT2D eigenvalue weighted by Crippen LogP contribution is -2.39. The van der Waals surface area contributed by atoms with Crippen LogP contribution in [0.5, 0.6) is 11.5 Å². The third-order valence-corrected chi connectivity index (χ3v) is 11.1. The Morgan fingerprint density at radius 3 is 2.45 bits per heavy atom. The van der Waals surface area contributed by atoms with Gasteiger partial charge in [0, 0.05) is 27.6 Å². The van der Waals surface area contributed by atoms with Crippen LogP contribution in [-0.4, -0.2) is 46.7 Å². The third-order valence-electron chi connectivity index (χ3n) is 8.39. The number of carboxylic acid groups (broad SMARTS) is 1. The number of amides is 2. The smallest absolute Gasteiger partial charge is 0.335 e. The largest absolute Gasteiger partial charge is 0.503 e. The van der Waals surface area contributed by atoms with Gasteiger partial charge in [0.15, 0.2) is 23.1 Å². The van der Waals surface area contributed by atoms with Crippen molar-refractivity contribution in [1.82, 2.24) is 0 Å². The second-order valence-electron chi connectivity index (χ2n) is 10.4. The number of phenolic OH excluding ortho intramolecular Hbond substituents is 1. The van der Waals surface area contributed by atoms with Crippen molar-refractivity contribution in [2.45, 2.75) is 18.8 Å². The van der Waals surface area contributed by atoms with Crippen molar-refractivity contribution in [2.24, 2.45) is 17.8 Å². The van der Waals surface area contributed by atoms with Gasteiger partial charge in [-0.15, -0.1) is 0 Å². The molecule has 4 aliphatic rings. The van der Waals surface area contributed by atoms with Gasteiger partial charge in [-0.25, -0.2) is 4.79 Å². The molecule has 0 unspecified atom stereocenters. The number of aromatic hydroxyl groups is 1. The number of aromatic carboxylic acids is 1. The van der Waals surface area contributed by atoms with Crippen molar-refractivity contribution in [1.29, 1.82) is 0 Å². The van der Waals surface area contributed by atoms with E-state index in [0.29, 0.717) is 20.1 Å². The molecule has 12 heteroatoms. The van der Waals surface area contributed by atoms with Gasteiger partial charge in [-0.2, -0.15) is 0 Å². The van der Waals surface area contributed by atoms with Gasteiger partial charge in [-0.1, -0.05) is 17.7 Å². The van der Waals surface area contributed by atoms with Crippen molar-refractivity contribution in [3.8, 4) is 11.5 Å². The topological polar surface area (TPSA) is 138 Å². The molecule has 0 radical (unpaired) electrons. The van der Waals surface area contributed by atoms with Crippen molar-refractivity contribution in [3.63, 3.8) is 0 Å². The second-order valence-corrected chi connectivity index (χ2v) is 12.8. The molecule has 9 nitrogen and oxygen atoms in total. The molecule has 2 amide bonds. The number of Topliss-reactive ketones (excluding diaryl/α,β-unsaturated/α-hetero) is 1. The van der Waals surface area contributed by atoms with E-state index in [-0.39, 0.29) is 62.8 Å². The van der Waals surface area contributed by atoms with E-state index in [0.717, 1.165) is 4.90 Å². The molecule has 0 saturated carbocycles. The van der Waals surface area contributed by atoms with Crippen molar-refractivity contribution in [2.75, 3.05) is 12.0 Å². The number of imide groups is 1. The summed E-state index contributed by atoms with van der Waals surface area (Å²) in [6, 6.07) is 7.24. The molecule has 6 rings (SSSR count). The van der Waals surface area contributed by atoms with Crippen molar-refractivity contribution < 1.29 is 38.9 Å². The number of ether oxygens (including phenoxy) is 1. The van der Waals surface area contributed by atoms with E-state index in [2.05, 4.69) is 47.8 Å². The molecular formula is C30H20Br3NO8. The molecule has 0 aromatic heterocycles. The third kappa shape index (κ3) is 4.17. The molecule has 1 saturated heterocycles. The fraction of sp³-hybridized carbons (Fsp3) is 0.233.